The molecule has 0 aliphatic rings. The van der Waals surface area contributed by atoms with E-state index in [1.54, 1.807) is 0 Å². The minimum atomic E-state index is -5.39. The first-order valence-corrected chi connectivity index (χ1v) is 5.16. The summed E-state index contributed by atoms with van der Waals surface area (Å²) in [5.74, 6) is 0. The minimum Gasteiger partial charge on any atom is -0.822 e. The first kappa shape index (κ1) is 26.8. The van der Waals surface area contributed by atoms with Gasteiger partial charge in [0.1, 0.15) is 0 Å². The van der Waals surface area contributed by atoms with Crippen LogP contribution in [0.1, 0.15) is 12.5 Å². The zero-order chi connectivity index (χ0) is 10.3. The third-order valence-electron chi connectivity index (χ3n) is 1.25. The normalized spacial score (nSPS) is 8.25. The topological polar surface area (TPSA) is 86.2 Å². The molecule has 0 aliphatic carbocycles. The van der Waals surface area contributed by atoms with Crippen molar-refractivity contribution >= 4 is 7.82 Å². The quantitative estimate of drug-likeness (QED) is 0.374. The van der Waals surface area contributed by atoms with Gasteiger partial charge >= 0.3 is 88.7 Å². The van der Waals surface area contributed by atoms with Crippen molar-refractivity contribution in [3.8, 4) is 0 Å². The van der Waals surface area contributed by atoms with E-state index in [2.05, 4.69) is 31.2 Å². The van der Waals surface area contributed by atoms with Crippen LogP contribution in [-0.2, 0) is 11.0 Å². The van der Waals surface area contributed by atoms with Crippen molar-refractivity contribution < 1.29 is 108 Å². The van der Waals surface area contributed by atoms with Crippen LogP contribution in [0.4, 0.5) is 0 Å². The molecule has 1 aromatic rings. The zero-order valence-corrected chi connectivity index (χ0v) is 17.1. The van der Waals surface area contributed by atoms with Gasteiger partial charge in [0.05, 0.1) is 0 Å². The van der Waals surface area contributed by atoms with Gasteiger partial charge in [-0.3, -0.25) is 0 Å². The van der Waals surface area contributed by atoms with E-state index >= 15 is 0 Å². The van der Waals surface area contributed by atoms with Gasteiger partial charge in [-0.1, -0.05) is 37.3 Å². The molecule has 16 heavy (non-hydrogen) atoms. The molecule has 0 unspecified atom stereocenters. The molecule has 0 heterocycles. The maximum absolute atomic E-state index is 8.55. The third kappa shape index (κ3) is 25.2. The van der Waals surface area contributed by atoms with Crippen molar-refractivity contribution in [2.75, 3.05) is 0 Å². The standard InChI is InChI=1S/C8H10.3Na.H3O4P/c1-2-8-6-4-3-5-7-8;;;;1-5(2,3)4/h3-7H,2H2,1H3;;;;(H3,1,2,3,4)/q;3*+1;/p-3. The van der Waals surface area contributed by atoms with E-state index in [9.17, 15) is 0 Å². The number of hydrogen-bond donors (Lipinski definition) is 0. The molecule has 0 aliphatic heterocycles. The molecule has 0 radical (unpaired) electrons. The molecule has 0 saturated heterocycles. The number of hydrogen-bond acceptors (Lipinski definition) is 4. The van der Waals surface area contributed by atoms with Crippen LogP contribution < -0.4 is 103 Å². The molecule has 0 N–H and O–H groups in total. The average molecular weight is 270 g/mol. The second-order valence-electron chi connectivity index (χ2n) is 2.29. The van der Waals surface area contributed by atoms with Gasteiger partial charge in [-0.25, -0.2) is 0 Å². The summed E-state index contributed by atoms with van der Waals surface area (Å²) in [7, 11) is -5.39. The van der Waals surface area contributed by atoms with Gasteiger partial charge < -0.3 is 19.2 Å². The minimum absolute atomic E-state index is 0. The number of aryl methyl sites for hydroxylation is 1. The molecule has 0 fully saturated rings. The van der Waals surface area contributed by atoms with Crippen molar-refractivity contribution in [2.24, 2.45) is 0 Å². The predicted octanol–water partition coefficient (Wildman–Crippen LogP) is -9.56. The molecule has 0 amide bonds. The Morgan fingerprint density at radius 1 is 1.00 bits per heavy atom. The van der Waals surface area contributed by atoms with E-state index < -0.39 is 7.82 Å². The SMILES string of the molecule is CCc1ccccc1.O=P([O-])([O-])[O-].[Na+].[Na+].[Na+]. The van der Waals surface area contributed by atoms with Crippen molar-refractivity contribution in [1.82, 2.24) is 0 Å². The molecule has 74 valence electrons. The molecule has 0 aromatic heterocycles. The molecule has 1 rings (SSSR count). The van der Waals surface area contributed by atoms with Crippen LogP contribution in [0.3, 0.4) is 0 Å². The van der Waals surface area contributed by atoms with Gasteiger partial charge in [-0.2, -0.15) is 7.82 Å². The maximum Gasteiger partial charge on any atom is 1.00 e. The van der Waals surface area contributed by atoms with Gasteiger partial charge in [0, 0.05) is 0 Å². The number of rotatable bonds is 1. The fourth-order valence-electron chi connectivity index (χ4n) is 0.714. The van der Waals surface area contributed by atoms with Crippen molar-refractivity contribution in [2.45, 2.75) is 13.3 Å². The van der Waals surface area contributed by atoms with Gasteiger partial charge in [-0.15, -0.1) is 0 Å². The van der Waals surface area contributed by atoms with E-state index in [1.807, 2.05) is 6.07 Å². The first-order valence-electron chi connectivity index (χ1n) is 3.70. The van der Waals surface area contributed by atoms with E-state index in [-0.39, 0.29) is 88.7 Å². The molecule has 8 heteroatoms. The Kier molecular flexibility index (Phi) is 25.8. The van der Waals surface area contributed by atoms with Crippen molar-refractivity contribution in [1.29, 1.82) is 0 Å². The van der Waals surface area contributed by atoms with Gasteiger partial charge in [-0.05, 0) is 12.0 Å². The van der Waals surface area contributed by atoms with Crippen molar-refractivity contribution in [3.05, 3.63) is 35.9 Å². The fourth-order valence-corrected chi connectivity index (χ4v) is 0.714. The second kappa shape index (κ2) is 15.4. The Morgan fingerprint density at radius 2 is 1.31 bits per heavy atom. The van der Waals surface area contributed by atoms with Crippen LogP contribution in [-0.4, -0.2) is 0 Å². The average Bonchev–Trinajstić information content (AvgIpc) is 2.03. The molecular formula is C8H10Na3O4P. The van der Waals surface area contributed by atoms with Crippen LogP contribution in [0, 0.1) is 0 Å². The smallest absolute Gasteiger partial charge is 0.822 e. The zero-order valence-electron chi connectivity index (χ0n) is 10.2. The summed E-state index contributed by atoms with van der Waals surface area (Å²) in [6.45, 7) is 2.16. The number of phosphoric acid groups is 1. The summed E-state index contributed by atoms with van der Waals surface area (Å²) in [5.41, 5.74) is 1.41. The Morgan fingerprint density at radius 3 is 1.50 bits per heavy atom. The fraction of sp³-hybridized carbons (Fsp3) is 0.250. The Bertz CT molecular complexity index is 270. The molecule has 0 saturated carbocycles. The van der Waals surface area contributed by atoms with E-state index in [1.165, 1.54) is 5.56 Å². The molecular weight excluding hydrogens is 260 g/mol. The van der Waals surface area contributed by atoms with Crippen LogP contribution >= 0.6 is 7.82 Å². The Balaban J connectivity index is -0.0000000818. The maximum atomic E-state index is 8.55. The number of benzene rings is 1. The summed E-state index contributed by atoms with van der Waals surface area (Å²) < 4.78 is 8.55. The first-order chi connectivity index (χ1) is 5.93. The Labute approximate surface area is 162 Å². The van der Waals surface area contributed by atoms with Crippen LogP contribution in [0.5, 0.6) is 0 Å². The van der Waals surface area contributed by atoms with Gasteiger partial charge in [0.25, 0.3) is 0 Å². The summed E-state index contributed by atoms with van der Waals surface area (Å²) in [5, 5.41) is 0. The largest absolute Gasteiger partial charge is 1.00 e. The molecule has 0 bridgehead atoms. The summed E-state index contributed by atoms with van der Waals surface area (Å²) in [4.78, 5) is 25.6. The summed E-state index contributed by atoms with van der Waals surface area (Å²) in [6, 6.07) is 10.5. The third-order valence-corrected chi connectivity index (χ3v) is 1.25. The molecule has 0 spiro atoms. The van der Waals surface area contributed by atoms with Crippen molar-refractivity contribution in [3.63, 3.8) is 0 Å². The molecule has 1 aromatic carbocycles. The monoisotopic (exact) mass is 270 g/mol. The molecule has 4 nitrogen and oxygen atoms in total. The van der Waals surface area contributed by atoms with Crippen LogP contribution in [0.25, 0.3) is 0 Å². The van der Waals surface area contributed by atoms with Crippen LogP contribution in [0.2, 0.25) is 0 Å². The summed E-state index contributed by atoms with van der Waals surface area (Å²) >= 11 is 0. The Hall–Kier alpha value is 2.33. The second-order valence-corrected chi connectivity index (χ2v) is 3.18. The van der Waals surface area contributed by atoms with Gasteiger partial charge in [0.15, 0.2) is 0 Å². The van der Waals surface area contributed by atoms with E-state index in [0.29, 0.717) is 0 Å². The van der Waals surface area contributed by atoms with Crippen LogP contribution in [0.15, 0.2) is 30.3 Å². The van der Waals surface area contributed by atoms with Gasteiger partial charge in [0.2, 0.25) is 0 Å². The van der Waals surface area contributed by atoms with E-state index in [4.69, 9.17) is 19.2 Å². The molecule has 0 atom stereocenters. The van der Waals surface area contributed by atoms with E-state index in [0.717, 1.165) is 6.42 Å². The summed E-state index contributed by atoms with van der Waals surface area (Å²) in [6.07, 6.45) is 1.14. The predicted molar refractivity (Wildman–Crippen MR) is 43.4 cm³/mol.